The van der Waals surface area contributed by atoms with Crippen molar-refractivity contribution in [3.05, 3.63) is 64.7 Å². The van der Waals surface area contributed by atoms with Gasteiger partial charge in [-0.3, -0.25) is 0 Å². The van der Waals surface area contributed by atoms with Crippen LogP contribution in [-0.2, 0) is 11.2 Å². The second kappa shape index (κ2) is 11.4. The Labute approximate surface area is 176 Å². The van der Waals surface area contributed by atoms with Gasteiger partial charge in [-0.2, -0.15) is 0 Å². The fourth-order valence-electron chi connectivity index (χ4n) is 2.51. The van der Waals surface area contributed by atoms with E-state index in [1.807, 2.05) is 36.4 Å². The summed E-state index contributed by atoms with van der Waals surface area (Å²) >= 11 is 12.4. The number of hydrogen-bond acceptors (Lipinski definition) is 3. The van der Waals surface area contributed by atoms with Gasteiger partial charge in [0.25, 0.3) is 0 Å². The topological polar surface area (TPSA) is 58.6 Å². The number of carboxylic acids is 1. The molecule has 0 saturated heterocycles. The van der Waals surface area contributed by atoms with E-state index < -0.39 is 12.1 Å². The molecule has 4 nitrogen and oxygen atoms in total. The maximum Gasteiger partial charge on any atom is 0.344 e. The van der Waals surface area contributed by atoms with Crippen LogP contribution in [0.15, 0.2) is 48.5 Å². The fraction of sp³-hybridized carbons (Fsp3) is 0.350. The minimum Gasteiger partial charge on any atom is -0.479 e. The van der Waals surface area contributed by atoms with Crippen LogP contribution in [-0.4, -0.2) is 29.8 Å². The molecule has 0 heterocycles. The maximum absolute atomic E-state index is 10.8. The first-order valence-corrected chi connectivity index (χ1v) is 9.28. The molecule has 2 aromatic rings. The molecule has 148 valence electrons. The van der Waals surface area contributed by atoms with Crippen molar-refractivity contribution in [2.75, 3.05) is 6.54 Å². The second-order valence-corrected chi connectivity index (χ2v) is 7.24. The highest BCUT2D eigenvalue weighted by Gasteiger charge is 2.13. The van der Waals surface area contributed by atoms with Crippen LogP contribution in [0.3, 0.4) is 0 Å². The molecule has 0 aliphatic carbocycles. The first-order valence-electron chi connectivity index (χ1n) is 8.46. The number of hydrogen-bond donors (Lipinski definition) is 2. The summed E-state index contributed by atoms with van der Waals surface area (Å²) in [7, 11) is 0. The summed E-state index contributed by atoms with van der Waals surface area (Å²) in [4.78, 5) is 10.8. The van der Waals surface area contributed by atoms with E-state index in [0.29, 0.717) is 17.3 Å². The summed E-state index contributed by atoms with van der Waals surface area (Å²) in [6.45, 7) is 4.24. The lowest BCUT2D eigenvalue weighted by molar-refractivity contribution is -0.144. The predicted molar refractivity (Wildman–Crippen MR) is 113 cm³/mol. The highest BCUT2D eigenvalue weighted by atomic mass is 35.5. The standard InChI is InChI=1S/C20H23Cl2NO3.ClH/c1-13(23-12-19(22)16-4-3-5-17(21)11-16)10-15-6-8-18(9-7-15)26-14(2)20(24)25;/h3-9,11,13-14,19,23H,10,12H2,1-2H3,(H,24,25);1H. The van der Waals surface area contributed by atoms with Crippen LogP contribution in [0.4, 0.5) is 0 Å². The molecule has 3 unspecified atom stereocenters. The van der Waals surface area contributed by atoms with Gasteiger partial charge in [0.15, 0.2) is 6.10 Å². The number of carboxylic acid groups (broad SMARTS) is 1. The summed E-state index contributed by atoms with van der Waals surface area (Å²) in [5, 5.41) is 12.8. The highest BCUT2D eigenvalue weighted by Crippen LogP contribution is 2.23. The normalized spacial score (nSPS) is 13.9. The molecular weight excluding hydrogens is 409 g/mol. The molecule has 0 bridgehead atoms. The average Bonchev–Trinajstić information content (AvgIpc) is 2.61. The molecule has 0 aromatic heterocycles. The van der Waals surface area contributed by atoms with Crippen LogP contribution in [0.25, 0.3) is 0 Å². The molecule has 3 atom stereocenters. The van der Waals surface area contributed by atoms with Crippen LogP contribution in [0.2, 0.25) is 5.02 Å². The van der Waals surface area contributed by atoms with Crippen LogP contribution < -0.4 is 10.1 Å². The van der Waals surface area contributed by atoms with Crippen LogP contribution in [0.5, 0.6) is 5.75 Å². The van der Waals surface area contributed by atoms with Crippen molar-refractivity contribution < 1.29 is 14.6 Å². The molecular formula is C20H24Cl3NO3. The molecule has 2 rings (SSSR count). The summed E-state index contributed by atoms with van der Waals surface area (Å²) in [6, 6.07) is 15.3. The Morgan fingerprint density at radius 1 is 1.19 bits per heavy atom. The lowest BCUT2D eigenvalue weighted by atomic mass is 10.1. The Morgan fingerprint density at radius 3 is 2.44 bits per heavy atom. The van der Waals surface area contributed by atoms with E-state index in [2.05, 4.69) is 12.2 Å². The minimum atomic E-state index is -0.984. The summed E-state index contributed by atoms with van der Waals surface area (Å²) in [5.74, 6) is -0.437. The maximum atomic E-state index is 10.8. The summed E-state index contributed by atoms with van der Waals surface area (Å²) < 4.78 is 5.33. The van der Waals surface area contributed by atoms with Gasteiger partial charge in [-0.15, -0.1) is 24.0 Å². The molecule has 0 aliphatic heterocycles. The first kappa shape index (κ1) is 23.6. The SMILES string of the molecule is CC(Cc1ccc(OC(C)C(=O)O)cc1)NCC(Cl)c1cccc(Cl)c1.Cl. The zero-order valence-electron chi connectivity index (χ0n) is 15.2. The quantitative estimate of drug-likeness (QED) is 0.540. The van der Waals surface area contributed by atoms with Crippen molar-refractivity contribution >= 4 is 41.6 Å². The molecule has 2 N–H and O–H groups in total. The van der Waals surface area contributed by atoms with E-state index >= 15 is 0 Å². The van der Waals surface area contributed by atoms with Crippen LogP contribution in [0.1, 0.15) is 30.4 Å². The molecule has 0 spiro atoms. The van der Waals surface area contributed by atoms with Gasteiger partial charge in [0.2, 0.25) is 0 Å². The number of halogens is 3. The largest absolute Gasteiger partial charge is 0.479 e. The monoisotopic (exact) mass is 431 g/mol. The molecule has 27 heavy (non-hydrogen) atoms. The van der Waals surface area contributed by atoms with Gasteiger partial charge in [0.1, 0.15) is 5.75 Å². The van der Waals surface area contributed by atoms with E-state index in [1.165, 1.54) is 6.92 Å². The van der Waals surface area contributed by atoms with Crippen LogP contribution >= 0.6 is 35.6 Å². The third-order valence-electron chi connectivity index (χ3n) is 3.98. The molecule has 0 amide bonds. The van der Waals surface area contributed by atoms with Gasteiger partial charge in [-0.25, -0.2) is 4.79 Å². The Bertz CT molecular complexity index is 725. The summed E-state index contributed by atoms with van der Waals surface area (Å²) in [5.41, 5.74) is 2.13. The Hall–Kier alpha value is -1.46. The number of nitrogens with one attached hydrogen (secondary N) is 1. The van der Waals surface area contributed by atoms with Crippen molar-refractivity contribution in [1.82, 2.24) is 5.32 Å². The minimum absolute atomic E-state index is 0. The van der Waals surface area contributed by atoms with Crippen molar-refractivity contribution in [3.8, 4) is 5.75 Å². The number of benzene rings is 2. The fourth-order valence-corrected chi connectivity index (χ4v) is 2.93. The number of aliphatic carboxylic acids is 1. The number of alkyl halides is 1. The van der Waals surface area contributed by atoms with Crippen molar-refractivity contribution in [2.24, 2.45) is 0 Å². The number of ether oxygens (including phenoxy) is 1. The third-order valence-corrected chi connectivity index (χ3v) is 4.62. The summed E-state index contributed by atoms with van der Waals surface area (Å²) in [6.07, 6.45) is -0.0398. The van der Waals surface area contributed by atoms with E-state index in [0.717, 1.165) is 17.5 Å². The molecule has 2 aromatic carbocycles. The Morgan fingerprint density at radius 2 is 1.85 bits per heavy atom. The smallest absolute Gasteiger partial charge is 0.344 e. The van der Waals surface area contributed by atoms with Gasteiger partial charge >= 0.3 is 5.97 Å². The molecule has 0 saturated carbocycles. The molecule has 0 fully saturated rings. The van der Waals surface area contributed by atoms with Gasteiger partial charge in [0.05, 0.1) is 5.38 Å². The van der Waals surface area contributed by atoms with E-state index in [4.69, 9.17) is 33.0 Å². The van der Waals surface area contributed by atoms with Gasteiger partial charge < -0.3 is 15.2 Å². The van der Waals surface area contributed by atoms with Gasteiger partial charge in [0, 0.05) is 17.6 Å². The molecule has 0 aliphatic rings. The molecule has 0 radical (unpaired) electrons. The number of rotatable bonds is 9. The third kappa shape index (κ3) is 7.97. The Kier molecular flexibility index (Phi) is 9.95. The lowest BCUT2D eigenvalue weighted by Gasteiger charge is -2.17. The lowest BCUT2D eigenvalue weighted by Crippen LogP contribution is -2.30. The van der Waals surface area contributed by atoms with Crippen molar-refractivity contribution in [3.63, 3.8) is 0 Å². The highest BCUT2D eigenvalue weighted by molar-refractivity contribution is 6.30. The first-order chi connectivity index (χ1) is 12.3. The predicted octanol–water partition coefficient (Wildman–Crippen LogP) is 5.11. The average molecular weight is 433 g/mol. The Balaban J connectivity index is 0.00000364. The molecule has 7 heteroatoms. The van der Waals surface area contributed by atoms with E-state index in [1.54, 1.807) is 12.1 Å². The number of carbonyl (C=O) groups is 1. The van der Waals surface area contributed by atoms with E-state index in [9.17, 15) is 4.79 Å². The van der Waals surface area contributed by atoms with E-state index in [-0.39, 0.29) is 23.8 Å². The van der Waals surface area contributed by atoms with Gasteiger partial charge in [-0.05, 0) is 55.7 Å². The second-order valence-electron chi connectivity index (χ2n) is 6.28. The zero-order chi connectivity index (χ0) is 19.1. The van der Waals surface area contributed by atoms with Crippen LogP contribution in [0, 0.1) is 0 Å². The van der Waals surface area contributed by atoms with Crippen molar-refractivity contribution in [1.29, 1.82) is 0 Å². The van der Waals surface area contributed by atoms with Crippen molar-refractivity contribution in [2.45, 2.75) is 37.8 Å². The zero-order valence-corrected chi connectivity index (χ0v) is 17.5. The van der Waals surface area contributed by atoms with Gasteiger partial charge in [-0.1, -0.05) is 35.9 Å².